The van der Waals surface area contributed by atoms with Gasteiger partial charge in [0.25, 0.3) is 0 Å². The molecule has 0 aliphatic heterocycles. The van der Waals surface area contributed by atoms with Crippen LogP contribution in [0.25, 0.3) is 0 Å². The Balaban J connectivity index is 3.03. The molecule has 0 saturated heterocycles. The van der Waals surface area contributed by atoms with Crippen molar-refractivity contribution in [2.24, 2.45) is 10.9 Å². The molecule has 1 aromatic rings. The minimum Gasteiger partial charge on any atom is -0.323 e. The van der Waals surface area contributed by atoms with Gasteiger partial charge in [0.2, 0.25) is 0 Å². The lowest BCUT2D eigenvalue weighted by Crippen LogP contribution is -2.01. The van der Waals surface area contributed by atoms with Crippen LogP contribution in [0.15, 0.2) is 58.7 Å². The number of nitrogens with zero attached hydrogens (tertiary/aromatic N) is 1. The average Bonchev–Trinajstić information content (AvgIpc) is 2.26. The zero-order chi connectivity index (χ0) is 11.3. The second-order valence-electron chi connectivity index (χ2n) is 3.11. The zero-order valence-corrected chi connectivity index (χ0v) is 9.33. The maximum atomic E-state index is 5.76. The third kappa shape index (κ3) is 3.26. The van der Waals surface area contributed by atoms with Gasteiger partial charge in [0.1, 0.15) is 0 Å². The van der Waals surface area contributed by atoms with Gasteiger partial charge < -0.3 is 5.84 Å². The summed E-state index contributed by atoms with van der Waals surface area (Å²) in [6.07, 6.45) is 1.81. The molecule has 78 valence electrons. The molecule has 3 heteroatoms. The Hall–Kier alpha value is -1.54. The van der Waals surface area contributed by atoms with Crippen LogP contribution in [0.5, 0.6) is 0 Å². The van der Waals surface area contributed by atoms with Crippen LogP contribution >= 0.6 is 11.6 Å². The summed E-state index contributed by atoms with van der Waals surface area (Å²) in [5.74, 6) is 5.32. The zero-order valence-electron chi connectivity index (χ0n) is 8.57. The van der Waals surface area contributed by atoms with Crippen LogP contribution in [-0.4, -0.2) is 5.71 Å². The first-order valence-electron chi connectivity index (χ1n) is 4.51. The maximum absolute atomic E-state index is 5.76. The Morgan fingerprint density at radius 3 is 2.47 bits per heavy atom. The van der Waals surface area contributed by atoms with Crippen LogP contribution in [0.3, 0.4) is 0 Å². The summed E-state index contributed by atoms with van der Waals surface area (Å²) >= 11 is 5.76. The molecule has 0 heterocycles. The van der Waals surface area contributed by atoms with Gasteiger partial charge >= 0.3 is 0 Å². The van der Waals surface area contributed by atoms with Gasteiger partial charge in [0.15, 0.2) is 0 Å². The molecule has 0 saturated carbocycles. The van der Waals surface area contributed by atoms with E-state index in [4.69, 9.17) is 17.4 Å². The predicted octanol–water partition coefficient (Wildman–Crippen LogP) is 3.05. The molecule has 2 nitrogen and oxygen atoms in total. The van der Waals surface area contributed by atoms with Crippen molar-refractivity contribution in [1.29, 1.82) is 0 Å². The summed E-state index contributed by atoms with van der Waals surface area (Å²) in [5, 5.41) is 4.21. The summed E-state index contributed by atoms with van der Waals surface area (Å²) in [5.41, 5.74) is 2.50. The summed E-state index contributed by atoms with van der Waals surface area (Å²) < 4.78 is 0. The molecule has 1 aromatic carbocycles. The quantitative estimate of drug-likeness (QED) is 0.362. The van der Waals surface area contributed by atoms with Crippen molar-refractivity contribution in [3.63, 3.8) is 0 Å². The molecule has 0 radical (unpaired) electrons. The largest absolute Gasteiger partial charge is 0.323 e. The van der Waals surface area contributed by atoms with Crippen molar-refractivity contribution in [2.75, 3.05) is 0 Å². The molecule has 0 fully saturated rings. The van der Waals surface area contributed by atoms with Gasteiger partial charge in [-0.05, 0) is 18.6 Å². The number of hydrazone groups is 1. The number of benzene rings is 1. The molecule has 0 aromatic heterocycles. The second-order valence-corrected chi connectivity index (χ2v) is 3.57. The first-order valence-corrected chi connectivity index (χ1v) is 4.89. The van der Waals surface area contributed by atoms with E-state index in [0.29, 0.717) is 10.7 Å². The molecule has 0 aliphatic carbocycles. The smallest absolute Gasteiger partial charge is 0.0902 e. The van der Waals surface area contributed by atoms with Crippen molar-refractivity contribution in [2.45, 2.75) is 6.92 Å². The highest BCUT2D eigenvalue weighted by Gasteiger charge is 2.00. The fourth-order valence-corrected chi connectivity index (χ4v) is 1.14. The van der Waals surface area contributed by atoms with Gasteiger partial charge in [-0.3, -0.25) is 0 Å². The average molecular weight is 221 g/mol. The summed E-state index contributed by atoms with van der Waals surface area (Å²) in [6, 6.07) is 9.67. The monoisotopic (exact) mass is 220 g/mol. The molecular formula is C12H13ClN2. The third-order valence-electron chi connectivity index (χ3n) is 1.99. The van der Waals surface area contributed by atoms with E-state index >= 15 is 0 Å². The van der Waals surface area contributed by atoms with Crippen molar-refractivity contribution in [3.05, 3.63) is 59.2 Å². The minimum absolute atomic E-state index is 0.493. The van der Waals surface area contributed by atoms with E-state index in [1.807, 2.05) is 43.3 Å². The van der Waals surface area contributed by atoms with Gasteiger partial charge in [-0.15, -0.1) is 0 Å². The highest BCUT2D eigenvalue weighted by molar-refractivity contribution is 6.32. The van der Waals surface area contributed by atoms with Gasteiger partial charge in [-0.2, -0.15) is 5.10 Å². The highest BCUT2D eigenvalue weighted by atomic mass is 35.5. The van der Waals surface area contributed by atoms with Crippen LogP contribution in [0.1, 0.15) is 12.5 Å². The fourth-order valence-electron chi connectivity index (χ4n) is 1.09. The molecule has 0 unspecified atom stereocenters. The molecule has 2 N–H and O–H groups in total. The third-order valence-corrected chi connectivity index (χ3v) is 2.29. The number of nitrogens with two attached hydrogens (primary N) is 1. The molecule has 0 atom stereocenters. The van der Waals surface area contributed by atoms with Crippen LogP contribution in [-0.2, 0) is 0 Å². The van der Waals surface area contributed by atoms with Crippen molar-refractivity contribution >= 4 is 17.3 Å². The van der Waals surface area contributed by atoms with Gasteiger partial charge in [0.05, 0.1) is 5.71 Å². The van der Waals surface area contributed by atoms with Gasteiger partial charge in [-0.25, -0.2) is 0 Å². The number of hydrogen-bond donors (Lipinski definition) is 1. The van der Waals surface area contributed by atoms with E-state index in [9.17, 15) is 0 Å². The molecule has 0 bridgehead atoms. The van der Waals surface area contributed by atoms with E-state index in [1.165, 1.54) is 0 Å². The Bertz CT molecular complexity index is 405. The Morgan fingerprint density at radius 2 is 2.00 bits per heavy atom. The predicted molar refractivity (Wildman–Crippen MR) is 65.9 cm³/mol. The van der Waals surface area contributed by atoms with Crippen LogP contribution < -0.4 is 5.84 Å². The number of hydrogen-bond acceptors (Lipinski definition) is 2. The molecule has 0 amide bonds. The minimum atomic E-state index is 0.493. The normalized spacial score (nSPS) is 12.7. The first kappa shape index (κ1) is 11.5. The first-order chi connectivity index (χ1) is 7.15. The number of halogens is 1. The topological polar surface area (TPSA) is 38.4 Å². The van der Waals surface area contributed by atoms with E-state index in [-0.39, 0.29) is 0 Å². The SMILES string of the molecule is C=C(Cl)/C(C)=C\C(=N/N)c1ccccc1. The summed E-state index contributed by atoms with van der Waals surface area (Å²) in [4.78, 5) is 0. The van der Waals surface area contributed by atoms with Gasteiger partial charge in [0, 0.05) is 10.6 Å². The molecule has 1 rings (SSSR count). The lowest BCUT2D eigenvalue weighted by atomic mass is 10.1. The van der Waals surface area contributed by atoms with E-state index in [2.05, 4.69) is 11.7 Å². The highest BCUT2D eigenvalue weighted by Crippen LogP contribution is 2.13. The fraction of sp³-hybridized carbons (Fsp3) is 0.0833. The molecule has 0 spiro atoms. The van der Waals surface area contributed by atoms with Crippen LogP contribution in [0.4, 0.5) is 0 Å². The number of rotatable bonds is 3. The number of allylic oxidation sites excluding steroid dienone is 3. The Morgan fingerprint density at radius 1 is 1.40 bits per heavy atom. The van der Waals surface area contributed by atoms with E-state index in [1.54, 1.807) is 0 Å². The lowest BCUT2D eigenvalue weighted by Gasteiger charge is -2.01. The van der Waals surface area contributed by atoms with Crippen molar-refractivity contribution in [1.82, 2.24) is 0 Å². The van der Waals surface area contributed by atoms with Crippen molar-refractivity contribution in [3.8, 4) is 0 Å². The maximum Gasteiger partial charge on any atom is 0.0902 e. The van der Waals surface area contributed by atoms with Crippen LogP contribution in [0.2, 0.25) is 0 Å². The second kappa shape index (κ2) is 5.37. The standard InChI is InChI=1S/C12H13ClN2/c1-9(10(2)13)8-12(15-14)11-6-4-3-5-7-11/h3-8H,2,14H2,1H3/b9-8-,15-12+. The lowest BCUT2D eigenvalue weighted by molar-refractivity contribution is 1.25. The molecule has 15 heavy (non-hydrogen) atoms. The molecular weight excluding hydrogens is 208 g/mol. The van der Waals surface area contributed by atoms with Gasteiger partial charge in [-0.1, -0.05) is 48.5 Å². The Kier molecular flexibility index (Phi) is 4.13. The summed E-state index contributed by atoms with van der Waals surface area (Å²) in [7, 11) is 0. The summed E-state index contributed by atoms with van der Waals surface area (Å²) in [6.45, 7) is 5.50. The van der Waals surface area contributed by atoms with E-state index in [0.717, 1.165) is 11.1 Å². The van der Waals surface area contributed by atoms with E-state index < -0.39 is 0 Å². The Labute approximate surface area is 94.8 Å². The van der Waals surface area contributed by atoms with Crippen molar-refractivity contribution < 1.29 is 0 Å². The molecule has 0 aliphatic rings. The van der Waals surface area contributed by atoms with Crippen LogP contribution in [0, 0.1) is 0 Å².